The number of aromatic nitrogens is 1. The number of hydrogen-bond donors (Lipinski definition) is 2. The van der Waals surface area contributed by atoms with Gasteiger partial charge in [-0.25, -0.2) is 13.8 Å². The third-order valence-electron chi connectivity index (χ3n) is 1.46. The first-order chi connectivity index (χ1) is 6.02. The molecule has 0 atom stereocenters. The maximum atomic E-state index is 12.3. The number of rotatable bonds is 2. The van der Waals surface area contributed by atoms with Crippen molar-refractivity contribution in [2.24, 2.45) is 5.73 Å². The van der Waals surface area contributed by atoms with Gasteiger partial charge in [-0.3, -0.25) is 4.79 Å². The van der Waals surface area contributed by atoms with Gasteiger partial charge in [-0.05, 0) is 6.07 Å². The van der Waals surface area contributed by atoms with E-state index in [9.17, 15) is 13.6 Å². The van der Waals surface area contributed by atoms with Crippen LogP contribution in [-0.2, 0) is 0 Å². The van der Waals surface area contributed by atoms with Gasteiger partial charge in [0.1, 0.15) is 5.82 Å². The number of pyridine rings is 1. The van der Waals surface area contributed by atoms with Crippen molar-refractivity contribution < 1.29 is 13.6 Å². The molecule has 0 aliphatic rings. The molecule has 0 unspecified atom stereocenters. The van der Waals surface area contributed by atoms with E-state index in [1.165, 1.54) is 0 Å². The summed E-state index contributed by atoms with van der Waals surface area (Å²) in [6, 6.07) is 0.935. The predicted molar refractivity (Wildman–Crippen MR) is 42.1 cm³/mol. The quantitative estimate of drug-likeness (QED) is 0.714. The number of anilines is 1. The molecular weight excluding hydrogens is 180 g/mol. The Morgan fingerprint density at radius 3 is 2.62 bits per heavy atom. The second-order valence-electron chi connectivity index (χ2n) is 2.36. The summed E-state index contributed by atoms with van der Waals surface area (Å²) >= 11 is 0. The molecule has 0 saturated carbocycles. The fraction of sp³-hybridized carbons (Fsp3) is 0.143. The van der Waals surface area contributed by atoms with E-state index in [2.05, 4.69) is 4.98 Å². The van der Waals surface area contributed by atoms with Gasteiger partial charge in [0.25, 0.3) is 12.3 Å². The van der Waals surface area contributed by atoms with Crippen molar-refractivity contribution in [3.05, 3.63) is 23.4 Å². The standard InChI is InChI=1S/C7H7F2N3O/c8-6(9)3-1-5(10)12-2-4(3)7(11)13/h1-2,6H,(H2,10,12)(H2,11,13). The topological polar surface area (TPSA) is 82.0 Å². The van der Waals surface area contributed by atoms with Crippen LogP contribution in [0.5, 0.6) is 0 Å². The lowest BCUT2D eigenvalue weighted by Crippen LogP contribution is -2.15. The number of hydrogen-bond acceptors (Lipinski definition) is 3. The zero-order chi connectivity index (χ0) is 10.0. The normalized spacial score (nSPS) is 10.4. The van der Waals surface area contributed by atoms with Gasteiger partial charge in [0.15, 0.2) is 0 Å². The fourth-order valence-corrected chi connectivity index (χ4v) is 0.874. The Labute approximate surface area is 72.6 Å². The minimum atomic E-state index is -2.78. The van der Waals surface area contributed by atoms with Crippen molar-refractivity contribution in [3.8, 4) is 0 Å². The van der Waals surface area contributed by atoms with Crippen LogP contribution in [0.25, 0.3) is 0 Å². The van der Waals surface area contributed by atoms with Crippen molar-refractivity contribution in [2.75, 3.05) is 5.73 Å². The molecule has 0 radical (unpaired) electrons. The maximum absolute atomic E-state index is 12.3. The van der Waals surface area contributed by atoms with E-state index < -0.39 is 17.9 Å². The lowest BCUT2D eigenvalue weighted by molar-refractivity contribution is 0.0986. The second-order valence-corrected chi connectivity index (χ2v) is 2.36. The number of nitrogens with zero attached hydrogens (tertiary/aromatic N) is 1. The molecule has 0 aliphatic carbocycles. The third-order valence-corrected chi connectivity index (χ3v) is 1.46. The van der Waals surface area contributed by atoms with Crippen molar-refractivity contribution in [3.63, 3.8) is 0 Å². The molecule has 0 spiro atoms. The average molecular weight is 187 g/mol. The van der Waals surface area contributed by atoms with E-state index in [0.29, 0.717) is 0 Å². The van der Waals surface area contributed by atoms with Gasteiger partial charge in [-0.2, -0.15) is 0 Å². The molecule has 0 fully saturated rings. The summed E-state index contributed by atoms with van der Waals surface area (Å²) in [5, 5.41) is 0. The lowest BCUT2D eigenvalue weighted by Gasteiger charge is -2.05. The number of halogens is 2. The van der Waals surface area contributed by atoms with Crippen LogP contribution in [0, 0.1) is 0 Å². The largest absolute Gasteiger partial charge is 0.384 e. The van der Waals surface area contributed by atoms with E-state index in [1.54, 1.807) is 0 Å². The van der Waals surface area contributed by atoms with Gasteiger partial charge in [0, 0.05) is 11.8 Å². The van der Waals surface area contributed by atoms with E-state index >= 15 is 0 Å². The fourth-order valence-electron chi connectivity index (χ4n) is 0.874. The number of carbonyl (C=O) groups is 1. The Bertz CT molecular complexity index is 341. The Morgan fingerprint density at radius 1 is 1.54 bits per heavy atom. The van der Waals surface area contributed by atoms with Crippen molar-refractivity contribution in [2.45, 2.75) is 6.43 Å². The maximum Gasteiger partial charge on any atom is 0.264 e. The molecule has 1 aromatic heterocycles. The summed E-state index contributed by atoms with van der Waals surface area (Å²) in [6.07, 6.45) is -1.84. The summed E-state index contributed by atoms with van der Waals surface area (Å²) in [6.45, 7) is 0. The zero-order valence-electron chi connectivity index (χ0n) is 6.50. The summed E-state index contributed by atoms with van der Waals surface area (Å²) < 4.78 is 24.6. The van der Waals surface area contributed by atoms with E-state index in [0.717, 1.165) is 12.3 Å². The van der Waals surface area contributed by atoms with Gasteiger partial charge in [0.05, 0.1) is 5.56 Å². The number of primary amides is 1. The zero-order valence-corrected chi connectivity index (χ0v) is 6.50. The summed E-state index contributed by atoms with van der Waals surface area (Å²) in [5.41, 5.74) is 9.23. The molecule has 0 aromatic carbocycles. The van der Waals surface area contributed by atoms with Crippen LogP contribution >= 0.6 is 0 Å². The van der Waals surface area contributed by atoms with Gasteiger partial charge in [-0.1, -0.05) is 0 Å². The monoisotopic (exact) mass is 187 g/mol. The van der Waals surface area contributed by atoms with Crippen molar-refractivity contribution >= 4 is 11.7 Å². The summed E-state index contributed by atoms with van der Waals surface area (Å²) in [7, 11) is 0. The van der Waals surface area contributed by atoms with Gasteiger partial charge < -0.3 is 11.5 Å². The van der Waals surface area contributed by atoms with Crippen LogP contribution < -0.4 is 11.5 Å². The van der Waals surface area contributed by atoms with Crippen molar-refractivity contribution in [1.29, 1.82) is 0 Å². The number of carbonyl (C=O) groups excluding carboxylic acids is 1. The predicted octanol–water partition coefficient (Wildman–Crippen LogP) is 0.700. The first-order valence-electron chi connectivity index (χ1n) is 3.35. The summed E-state index contributed by atoms with van der Waals surface area (Å²) in [4.78, 5) is 14.1. The van der Waals surface area contributed by atoms with Crippen molar-refractivity contribution in [1.82, 2.24) is 4.98 Å². The van der Waals surface area contributed by atoms with Crippen LogP contribution in [0.4, 0.5) is 14.6 Å². The number of alkyl halides is 2. The highest BCUT2D eigenvalue weighted by Crippen LogP contribution is 2.23. The van der Waals surface area contributed by atoms with Crippen LogP contribution in [0.2, 0.25) is 0 Å². The van der Waals surface area contributed by atoms with Gasteiger partial charge in [0.2, 0.25) is 0 Å². The molecule has 0 bridgehead atoms. The molecule has 1 amide bonds. The van der Waals surface area contributed by atoms with Gasteiger partial charge >= 0.3 is 0 Å². The molecule has 4 N–H and O–H groups in total. The Kier molecular flexibility index (Phi) is 2.41. The van der Waals surface area contributed by atoms with Crippen LogP contribution in [0.15, 0.2) is 12.3 Å². The van der Waals surface area contributed by atoms with Gasteiger partial charge in [-0.15, -0.1) is 0 Å². The molecule has 1 rings (SSSR count). The molecule has 1 heterocycles. The van der Waals surface area contributed by atoms with E-state index in [-0.39, 0.29) is 11.4 Å². The first-order valence-corrected chi connectivity index (χ1v) is 3.35. The highest BCUT2D eigenvalue weighted by atomic mass is 19.3. The lowest BCUT2D eigenvalue weighted by atomic mass is 10.1. The van der Waals surface area contributed by atoms with Crippen LogP contribution in [0.3, 0.4) is 0 Å². The molecular formula is C7H7F2N3O. The Balaban J connectivity index is 3.26. The number of nitrogens with two attached hydrogens (primary N) is 2. The molecule has 13 heavy (non-hydrogen) atoms. The Morgan fingerprint density at radius 2 is 2.15 bits per heavy atom. The van der Waals surface area contributed by atoms with E-state index in [1.807, 2.05) is 0 Å². The van der Waals surface area contributed by atoms with Crippen LogP contribution in [-0.4, -0.2) is 10.9 Å². The molecule has 70 valence electrons. The molecule has 1 aromatic rings. The molecule has 4 nitrogen and oxygen atoms in total. The number of nitrogen functional groups attached to an aromatic ring is 1. The summed E-state index contributed by atoms with van der Waals surface area (Å²) in [5.74, 6) is -1.01. The molecule has 6 heteroatoms. The minimum Gasteiger partial charge on any atom is -0.384 e. The Hall–Kier alpha value is -1.72. The smallest absolute Gasteiger partial charge is 0.264 e. The minimum absolute atomic E-state index is 0.0692. The second kappa shape index (κ2) is 3.34. The van der Waals surface area contributed by atoms with E-state index in [4.69, 9.17) is 11.5 Å². The molecule has 0 aliphatic heterocycles. The third kappa shape index (κ3) is 1.90. The average Bonchev–Trinajstić information content (AvgIpc) is 2.03. The first kappa shape index (κ1) is 9.37. The number of amides is 1. The highest BCUT2D eigenvalue weighted by molar-refractivity contribution is 5.94. The van der Waals surface area contributed by atoms with Crippen LogP contribution in [0.1, 0.15) is 22.3 Å². The highest BCUT2D eigenvalue weighted by Gasteiger charge is 2.17. The molecule has 0 saturated heterocycles. The SMILES string of the molecule is NC(=O)c1cnc(N)cc1C(F)F.